The molecule has 164 valence electrons. The first-order valence-electron chi connectivity index (χ1n) is 11.5. The van der Waals surface area contributed by atoms with Crippen LogP contribution in [0, 0.1) is 0 Å². The van der Waals surface area contributed by atoms with E-state index in [-0.39, 0.29) is 0 Å². The van der Waals surface area contributed by atoms with Crippen molar-refractivity contribution in [2.45, 2.75) is 32.6 Å². The third-order valence-electron chi connectivity index (χ3n) is 6.72. The Balaban J connectivity index is 2.03. The van der Waals surface area contributed by atoms with E-state index in [1.807, 2.05) is 6.08 Å². The lowest BCUT2D eigenvalue weighted by Crippen LogP contribution is -2.31. The van der Waals surface area contributed by atoms with Crippen molar-refractivity contribution >= 4 is 17.2 Å². The quantitative estimate of drug-likeness (QED) is 0.329. The van der Waals surface area contributed by atoms with Crippen molar-refractivity contribution in [2.24, 2.45) is 0 Å². The molecule has 0 fully saturated rings. The van der Waals surface area contributed by atoms with E-state index in [1.54, 1.807) is 0 Å². The first-order valence-corrected chi connectivity index (χ1v) is 11.5. The molecule has 0 aromatic heterocycles. The Hall–Kier alpha value is -3.64. The van der Waals surface area contributed by atoms with Crippen LogP contribution in [0.5, 0.6) is 0 Å². The summed E-state index contributed by atoms with van der Waals surface area (Å²) in [7, 11) is 0. The van der Waals surface area contributed by atoms with E-state index >= 15 is 0 Å². The zero-order valence-electron chi connectivity index (χ0n) is 20.0. The molecule has 0 saturated heterocycles. The van der Waals surface area contributed by atoms with Crippen LogP contribution in [0.25, 0.3) is 17.2 Å². The van der Waals surface area contributed by atoms with Crippen LogP contribution in [0.1, 0.15) is 60.6 Å². The Labute approximate surface area is 199 Å². The van der Waals surface area contributed by atoms with Crippen LogP contribution in [0.15, 0.2) is 116 Å². The van der Waals surface area contributed by atoms with Gasteiger partial charge in [-0.05, 0) is 66.1 Å². The Morgan fingerprint density at radius 2 is 1.12 bits per heavy atom. The van der Waals surface area contributed by atoms with E-state index in [9.17, 15) is 0 Å². The molecular weight excluding hydrogens is 396 g/mol. The number of rotatable bonds is 7. The van der Waals surface area contributed by atoms with Gasteiger partial charge in [-0.25, -0.2) is 0 Å². The average molecular weight is 429 g/mol. The van der Waals surface area contributed by atoms with Crippen molar-refractivity contribution in [1.82, 2.24) is 0 Å². The largest absolute Gasteiger partial charge is 0.0985 e. The summed E-state index contributed by atoms with van der Waals surface area (Å²) < 4.78 is 0. The molecule has 0 nitrogen and oxygen atoms in total. The molecule has 3 aromatic carbocycles. The molecule has 4 rings (SSSR count). The van der Waals surface area contributed by atoms with E-state index in [0.29, 0.717) is 0 Å². The van der Waals surface area contributed by atoms with Crippen LogP contribution in [0.3, 0.4) is 0 Å². The second kappa shape index (κ2) is 9.08. The zero-order chi connectivity index (χ0) is 23.6. The smallest absolute Gasteiger partial charge is 0.0667 e. The maximum atomic E-state index is 4.13. The Morgan fingerprint density at radius 3 is 1.45 bits per heavy atom. The van der Waals surface area contributed by atoms with Crippen LogP contribution in [0.2, 0.25) is 0 Å². The predicted molar refractivity (Wildman–Crippen MR) is 145 cm³/mol. The molecule has 0 saturated carbocycles. The van der Waals surface area contributed by atoms with Gasteiger partial charge in [0.05, 0.1) is 5.41 Å². The van der Waals surface area contributed by atoms with Crippen molar-refractivity contribution in [3.05, 3.63) is 149 Å². The molecule has 0 atom stereocenters. The van der Waals surface area contributed by atoms with Gasteiger partial charge in [0, 0.05) is 0 Å². The summed E-state index contributed by atoms with van der Waals surface area (Å²) in [6, 6.07) is 26.7. The molecule has 0 radical (unpaired) electrons. The first kappa shape index (κ1) is 22.6. The fourth-order valence-corrected chi connectivity index (χ4v) is 4.85. The number of hydrogen-bond donors (Lipinski definition) is 0. The van der Waals surface area contributed by atoms with Crippen LogP contribution in [-0.2, 0) is 5.41 Å². The van der Waals surface area contributed by atoms with Crippen LogP contribution < -0.4 is 0 Å². The van der Waals surface area contributed by atoms with Gasteiger partial charge in [0.15, 0.2) is 0 Å². The summed E-state index contributed by atoms with van der Waals surface area (Å²) in [6.07, 6.45) is 7.42. The molecule has 0 bridgehead atoms. The molecule has 0 aliphatic heterocycles. The molecule has 0 spiro atoms. The summed E-state index contributed by atoms with van der Waals surface area (Å²) in [6.45, 7) is 18.5. The summed E-state index contributed by atoms with van der Waals surface area (Å²) in [4.78, 5) is 0. The topological polar surface area (TPSA) is 0 Å². The molecule has 0 heteroatoms. The molecule has 1 aliphatic rings. The van der Waals surface area contributed by atoms with Crippen molar-refractivity contribution < 1.29 is 0 Å². The molecule has 0 unspecified atom stereocenters. The van der Waals surface area contributed by atoms with Gasteiger partial charge in [0.25, 0.3) is 0 Å². The molecular formula is C33H32. The lowest BCUT2D eigenvalue weighted by molar-refractivity contribution is 0.705. The highest BCUT2D eigenvalue weighted by molar-refractivity contribution is 5.68. The Morgan fingerprint density at radius 1 is 0.697 bits per heavy atom. The summed E-state index contributed by atoms with van der Waals surface area (Å²) in [5.41, 5.74) is 11.8. The fourth-order valence-electron chi connectivity index (χ4n) is 4.85. The van der Waals surface area contributed by atoms with Crippen LogP contribution >= 0.6 is 0 Å². The van der Waals surface area contributed by atoms with Gasteiger partial charge in [-0.2, -0.15) is 0 Å². The van der Waals surface area contributed by atoms with Gasteiger partial charge in [-0.1, -0.05) is 127 Å². The van der Waals surface area contributed by atoms with Crippen LogP contribution in [0.4, 0.5) is 0 Å². The first-order chi connectivity index (χ1) is 15.9. The van der Waals surface area contributed by atoms with Gasteiger partial charge < -0.3 is 0 Å². The van der Waals surface area contributed by atoms with E-state index in [1.165, 1.54) is 39.0 Å². The Bertz CT molecular complexity index is 1200. The summed E-state index contributed by atoms with van der Waals surface area (Å²) >= 11 is 0. The maximum absolute atomic E-state index is 4.13. The van der Waals surface area contributed by atoms with Crippen molar-refractivity contribution in [2.75, 3.05) is 0 Å². The number of hydrogen-bond acceptors (Lipinski definition) is 0. The second-order valence-electron chi connectivity index (χ2n) is 9.17. The van der Waals surface area contributed by atoms with Gasteiger partial charge in [0.2, 0.25) is 0 Å². The minimum absolute atomic E-state index is 0.394. The third-order valence-corrected chi connectivity index (χ3v) is 6.72. The normalized spacial score (nSPS) is 13.3. The summed E-state index contributed by atoms with van der Waals surface area (Å²) in [5, 5.41) is 0. The van der Waals surface area contributed by atoms with E-state index in [0.717, 1.165) is 23.1 Å². The molecule has 0 heterocycles. The van der Waals surface area contributed by atoms with E-state index in [4.69, 9.17) is 0 Å². The monoisotopic (exact) mass is 428 g/mol. The molecule has 1 aliphatic carbocycles. The molecule has 0 N–H and O–H groups in total. The van der Waals surface area contributed by atoms with E-state index in [2.05, 4.69) is 125 Å². The standard InChI is InChI=1S/C33H32/c1-7-26-9-16-29(17-10-26)33(32-15-8-25(6)22-32,30-18-11-27(12-19-30)23(2)3)31-20-13-28(14-21-31)24(4)5/h7-21H,1-2,4,22H2,3,5-6H3. The Kier molecular flexibility index (Phi) is 6.20. The van der Waals surface area contributed by atoms with Crippen molar-refractivity contribution in [3.63, 3.8) is 0 Å². The second-order valence-corrected chi connectivity index (χ2v) is 9.17. The third kappa shape index (κ3) is 4.10. The zero-order valence-corrected chi connectivity index (χ0v) is 20.0. The molecule has 0 amide bonds. The highest BCUT2D eigenvalue weighted by Crippen LogP contribution is 2.49. The van der Waals surface area contributed by atoms with E-state index < -0.39 is 5.41 Å². The minimum Gasteiger partial charge on any atom is -0.0985 e. The van der Waals surface area contributed by atoms with Gasteiger partial charge in [-0.15, -0.1) is 0 Å². The van der Waals surface area contributed by atoms with Gasteiger partial charge in [0.1, 0.15) is 0 Å². The van der Waals surface area contributed by atoms with Gasteiger partial charge in [-0.3, -0.25) is 0 Å². The molecule has 3 aromatic rings. The van der Waals surface area contributed by atoms with Crippen molar-refractivity contribution in [1.29, 1.82) is 0 Å². The minimum atomic E-state index is -0.394. The summed E-state index contributed by atoms with van der Waals surface area (Å²) in [5.74, 6) is 0. The average Bonchev–Trinajstić information content (AvgIpc) is 3.27. The predicted octanol–water partition coefficient (Wildman–Crippen LogP) is 9.01. The lowest BCUT2D eigenvalue weighted by Gasteiger charge is -2.38. The highest BCUT2D eigenvalue weighted by atomic mass is 14.4. The number of allylic oxidation sites excluding steroid dienone is 6. The van der Waals surface area contributed by atoms with Crippen molar-refractivity contribution in [3.8, 4) is 0 Å². The van der Waals surface area contributed by atoms with Gasteiger partial charge >= 0.3 is 0 Å². The van der Waals surface area contributed by atoms with Crippen LogP contribution in [-0.4, -0.2) is 0 Å². The maximum Gasteiger partial charge on any atom is 0.0667 e. The SMILES string of the molecule is C=Cc1ccc(C(C2=CC=C(C)C2)(c2ccc(C(=C)C)cc2)c2ccc(C(=C)C)cc2)cc1. The fraction of sp³-hybridized carbons (Fsp3) is 0.152. The number of benzene rings is 3. The molecule has 33 heavy (non-hydrogen) atoms. The highest BCUT2D eigenvalue weighted by Gasteiger charge is 2.40. The lowest BCUT2D eigenvalue weighted by atomic mass is 9.63.